The SMILES string of the molecule is N=c1c2ncn([C@@H]3O[C@H](COP(=O)(O)OP(=O)(O)OC[C@H]4OC([n+]5cccc(C(N)=O)c5)[C@H](O)[C@@H]4O)[C@@H](O)[C@H]3O)c2ncn1CCC(=O)O. The van der Waals surface area contributed by atoms with Crippen molar-refractivity contribution in [2.24, 2.45) is 5.73 Å². The quantitative estimate of drug-likeness (QED) is 0.0580. The fourth-order valence-corrected chi connectivity index (χ4v) is 7.15. The van der Waals surface area contributed by atoms with E-state index in [9.17, 15) is 48.9 Å². The van der Waals surface area contributed by atoms with E-state index in [2.05, 4.69) is 18.8 Å². The number of pyridine rings is 1. The molecule has 0 spiro atoms. The van der Waals surface area contributed by atoms with Crippen LogP contribution in [0.3, 0.4) is 0 Å². The van der Waals surface area contributed by atoms with Gasteiger partial charge in [-0.25, -0.2) is 19.1 Å². The van der Waals surface area contributed by atoms with E-state index in [1.807, 2.05) is 0 Å². The van der Waals surface area contributed by atoms with Gasteiger partial charge in [-0.2, -0.15) is 8.88 Å². The lowest BCUT2D eigenvalue weighted by atomic mass is 10.1. The van der Waals surface area contributed by atoms with Gasteiger partial charge in [-0.3, -0.25) is 28.6 Å². The van der Waals surface area contributed by atoms with E-state index in [4.69, 9.17) is 30.2 Å². The number of aliphatic hydroxyl groups is 4. The summed E-state index contributed by atoms with van der Waals surface area (Å²) in [6.45, 7) is -1.95. The normalized spacial score (nSPS) is 29.5. The molecule has 0 bridgehead atoms. The average Bonchev–Trinajstić information content (AvgIpc) is 3.68. The van der Waals surface area contributed by atoms with Gasteiger partial charge in [0, 0.05) is 12.6 Å². The first-order valence-corrected chi connectivity index (χ1v) is 17.2. The van der Waals surface area contributed by atoms with Crippen molar-refractivity contribution in [1.29, 1.82) is 5.41 Å². The summed E-state index contributed by atoms with van der Waals surface area (Å²) in [5.74, 6) is -1.87. The fourth-order valence-electron chi connectivity index (χ4n) is 5.06. The van der Waals surface area contributed by atoms with Crippen LogP contribution < -0.4 is 15.8 Å². The summed E-state index contributed by atoms with van der Waals surface area (Å²) < 4.78 is 53.4. The molecule has 3 aromatic heterocycles. The second-order valence-corrected chi connectivity index (χ2v) is 13.9. The summed E-state index contributed by atoms with van der Waals surface area (Å²) in [6.07, 6.45) is -7.66. The first-order valence-electron chi connectivity index (χ1n) is 14.2. The molecule has 0 saturated carbocycles. The van der Waals surface area contributed by atoms with Crippen molar-refractivity contribution >= 4 is 38.7 Å². The van der Waals surface area contributed by atoms with Crippen LogP contribution in [0.25, 0.3) is 11.2 Å². The Hall–Kier alpha value is -3.54. The Labute approximate surface area is 274 Å². The number of hydrogen-bond acceptors (Lipinski definition) is 16. The van der Waals surface area contributed by atoms with Crippen LogP contribution in [0.1, 0.15) is 29.2 Å². The molecule has 49 heavy (non-hydrogen) atoms. The third kappa shape index (κ3) is 8.10. The number of rotatable bonds is 14. The number of aliphatic carboxylic acids is 1. The molecule has 5 heterocycles. The number of carbonyl (C=O) groups excluding carboxylic acids is 1. The predicted molar refractivity (Wildman–Crippen MR) is 153 cm³/mol. The Morgan fingerprint density at radius 2 is 1.61 bits per heavy atom. The molecule has 2 fully saturated rings. The molecule has 0 aliphatic carbocycles. The Bertz CT molecular complexity index is 1870. The molecule has 268 valence electrons. The Balaban J connectivity index is 1.17. The zero-order valence-electron chi connectivity index (χ0n) is 24.9. The number of carboxylic acid groups (broad SMARTS) is 1. The van der Waals surface area contributed by atoms with Gasteiger partial charge in [-0.15, -0.1) is 0 Å². The molecule has 25 heteroatoms. The van der Waals surface area contributed by atoms with Crippen molar-refractivity contribution in [2.75, 3.05) is 13.2 Å². The van der Waals surface area contributed by atoms with Crippen molar-refractivity contribution in [1.82, 2.24) is 19.1 Å². The third-order valence-corrected chi connectivity index (χ3v) is 10.1. The highest BCUT2D eigenvalue weighted by atomic mass is 31.3. The van der Waals surface area contributed by atoms with Crippen molar-refractivity contribution in [3.05, 3.63) is 48.2 Å². The number of phosphoric ester groups is 2. The highest BCUT2D eigenvalue weighted by Gasteiger charge is 2.50. The number of amides is 1. The van der Waals surface area contributed by atoms with E-state index in [0.717, 1.165) is 6.33 Å². The van der Waals surface area contributed by atoms with Gasteiger partial charge in [0.25, 0.3) is 12.1 Å². The highest BCUT2D eigenvalue weighted by molar-refractivity contribution is 7.61. The van der Waals surface area contributed by atoms with E-state index in [1.165, 1.54) is 44.6 Å². The molecule has 5 rings (SSSR count). The zero-order valence-corrected chi connectivity index (χ0v) is 26.7. The van der Waals surface area contributed by atoms with Crippen LogP contribution in [0, 0.1) is 5.41 Å². The zero-order chi connectivity index (χ0) is 35.8. The lowest BCUT2D eigenvalue weighted by Crippen LogP contribution is -2.46. The summed E-state index contributed by atoms with van der Waals surface area (Å²) in [6, 6.07) is 2.81. The van der Waals surface area contributed by atoms with Gasteiger partial charge in [0.2, 0.25) is 0 Å². The number of fused-ring (bicyclic) bond motifs is 1. The lowest BCUT2D eigenvalue weighted by Gasteiger charge is -2.20. The molecule has 23 nitrogen and oxygen atoms in total. The minimum absolute atomic E-state index is 0.0152. The second-order valence-electron chi connectivity index (χ2n) is 10.9. The van der Waals surface area contributed by atoms with Crippen LogP contribution in [0.15, 0.2) is 37.2 Å². The van der Waals surface area contributed by atoms with E-state index < -0.39 is 89.8 Å². The monoisotopic (exact) mass is 736 g/mol. The minimum Gasteiger partial charge on any atom is -0.481 e. The number of hydrogen-bond donors (Lipinski definition) is 9. The number of aromatic nitrogens is 5. The lowest BCUT2D eigenvalue weighted by molar-refractivity contribution is -0.765. The first kappa shape index (κ1) is 36.7. The molecule has 10 atom stereocenters. The maximum Gasteiger partial charge on any atom is 0.481 e. The van der Waals surface area contributed by atoms with Crippen LogP contribution in [0.2, 0.25) is 0 Å². The fraction of sp³-hybridized carbons (Fsp3) is 0.500. The molecule has 2 aliphatic rings. The van der Waals surface area contributed by atoms with Gasteiger partial charge in [0.05, 0.1) is 32.3 Å². The van der Waals surface area contributed by atoms with Crippen LogP contribution in [0.5, 0.6) is 0 Å². The summed E-state index contributed by atoms with van der Waals surface area (Å²) in [5.41, 5.74) is 5.15. The molecule has 1 amide bonds. The summed E-state index contributed by atoms with van der Waals surface area (Å²) in [4.78, 5) is 50.7. The standard InChI is InChI=1S/C24H31N7O16P2/c25-20-15-22(28-9-30(20)5-3-14(32)33)31(10-27-15)24-19(37)17(35)13(46-24)8-44-49(41,42)47-48(39,40)43-7-12-16(34)18(36)23(45-12)29-4-1-2-11(6-29)21(26)38/h1-2,4,6,9-10,12-13,16-19,23-25,34-37H,3,5,7-8H2,(H4-,26,32,33,38,39,40,41,42)/p+1/t12-,13-,16-,17-,18-,19-,23?,24-/m1/s1. The third-order valence-electron chi connectivity index (χ3n) is 7.52. The first-order chi connectivity index (χ1) is 23.0. The Kier molecular flexibility index (Phi) is 10.8. The van der Waals surface area contributed by atoms with Crippen LogP contribution in [-0.4, -0.2) is 116 Å². The predicted octanol–water partition coefficient (Wildman–Crippen LogP) is -3.24. The molecule has 0 radical (unpaired) electrons. The van der Waals surface area contributed by atoms with Crippen molar-refractivity contribution in [2.45, 2.75) is 62.0 Å². The number of nitrogens with one attached hydrogen (secondary N) is 1. The van der Waals surface area contributed by atoms with Gasteiger partial charge in [-0.1, -0.05) is 0 Å². The number of primary amides is 1. The summed E-state index contributed by atoms with van der Waals surface area (Å²) in [7, 11) is -10.9. The van der Waals surface area contributed by atoms with Gasteiger partial charge in [0.15, 0.2) is 35.9 Å². The number of phosphoric acid groups is 2. The molecule has 10 N–H and O–H groups in total. The molecule has 3 aromatic rings. The summed E-state index contributed by atoms with van der Waals surface area (Å²) in [5, 5.41) is 59.1. The number of nitrogens with two attached hydrogens (primary N) is 1. The van der Waals surface area contributed by atoms with E-state index in [1.54, 1.807) is 0 Å². The second kappa shape index (κ2) is 14.4. The Morgan fingerprint density at radius 3 is 2.24 bits per heavy atom. The van der Waals surface area contributed by atoms with Crippen molar-refractivity contribution in [3.63, 3.8) is 0 Å². The number of ether oxygens (including phenoxy) is 2. The van der Waals surface area contributed by atoms with Gasteiger partial charge < -0.3 is 55.1 Å². The van der Waals surface area contributed by atoms with Crippen molar-refractivity contribution in [3.8, 4) is 0 Å². The summed E-state index contributed by atoms with van der Waals surface area (Å²) >= 11 is 0. The highest BCUT2D eigenvalue weighted by Crippen LogP contribution is 2.60. The van der Waals surface area contributed by atoms with Gasteiger partial charge in [-0.05, 0) is 6.07 Å². The molecule has 2 aliphatic heterocycles. The smallest absolute Gasteiger partial charge is 0.481 e. The minimum atomic E-state index is -5.43. The maximum absolute atomic E-state index is 12.5. The largest absolute Gasteiger partial charge is 0.481 e. The maximum atomic E-state index is 12.5. The number of aryl methyl sites for hydroxylation is 1. The molecule has 2 saturated heterocycles. The average molecular weight is 737 g/mol. The number of nitrogens with zero attached hydrogens (tertiary/aromatic N) is 5. The van der Waals surface area contributed by atoms with Crippen LogP contribution in [0.4, 0.5) is 0 Å². The van der Waals surface area contributed by atoms with Crippen LogP contribution in [-0.2, 0) is 43.3 Å². The van der Waals surface area contributed by atoms with Crippen molar-refractivity contribution < 1.29 is 81.4 Å². The van der Waals surface area contributed by atoms with E-state index in [0.29, 0.717) is 0 Å². The van der Waals surface area contributed by atoms with E-state index >= 15 is 0 Å². The number of carboxylic acids is 1. The Morgan fingerprint density at radius 1 is 0.980 bits per heavy atom. The molecule has 3 unspecified atom stereocenters. The number of carbonyl (C=O) groups is 2. The van der Waals surface area contributed by atoms with Crippen LogP contribution >= 0.6 is 15.6 Å². The van der Waals surface area contributed by atoms with Gasteiger partial charge in [0.1, 0.15) is 41.6 Å². The molecule has 0 aromatic carbocycles. The van der Waals surface area contributed by atoms with Gasteiger partial charge >= 0.3 is 21.6 Å². The van der Waals surface area contributed by atoms with E-state index in [-0.39, 0.29) is 35.2 Å². The number of aliphatic hydroxyl groups excluding tert-OH is 4. The molecular weight excluding hydrogens is 704 g/mol. The topological polar surface area (TPSA) is 345 Å². The number of imidazole rings is 1. The molecular formula is C24H32N7O16P2+.